The van der Waals surface area contributed by atoms with Crippen molar-refractivity contribution in [1.29, 1.82) is 0 Å². The number of fused-ring (bicyclic) bond motifs is 2. The molecule has 1 aromatic carbocycles. The predicted molar refractivity (Wildman–Crippen MR) is 117 cm³/mol. The van der Waals surface area contributed by atoms with Crippen LogP contribution in [-0.4, -0.2) is 68.1 Å². The van der Waals surface area contributed by atoms with Gasteiger partial charge >= 0.3 is 0 Å². The Labute approximate surface area is 180 Å². The van der Waals surface area contributed by atoms with E-state index in [0.29, 0.717) is 22.7 Å². The second-order valence-corrected chi connectivity index (χ2v) is 10.5. The average Bonchev–Trinajstić information content (AvgIpc) is 3.06. The Morgan fingerprint density at radius 1 is 1.27 bits per heavy atom. The van der Waals surface area contributed by atoms with Gasteiger partial charge in [0.25, 0.3) is 0 Å². The van der Waals surface area contributed by atoms with E-state index in [9.17, 15) is 4.79 Å². The molecule has 2 heterocycles. The van der Waals surface area contributed by atoms with Crippen molar-refractivity contribution >= 4 is 5.91 Å². The van der Waals surface area contributed by atoms with E-state index in [2.05, 4.69) is 42.4 Å². The topological polar surface area (TPSA) is 44.8 Å². The van der Waals surface area contributed by atoms with Gasteiger partial charge in [-0.2, -0.15) is 0 Å². The van der Waals surface area contributed by atoms with Crippen LogP contribution in [0.4, 0.5) is 0 Å². The van der Waals surface area contributed by atoms with Gasteiger partial charge in [0.1, 0.15) is 5.75 Å². The minimum atomic E-state index is 0.294. The number of hydrogen-bond acceptors (Lipinski definition) is 4. The molecule has 3 aliphatic carbocycles. The minimum Gasteiger partial charge on any atom is -0.497 e. The molecule has 6 rings (SSSR count). The van der Waals surface area contributed by atoms with Crippen LogP contribution in [0.3, 0.4) is 0 Å². The molecule has 2 saturated heterocycles. The zero-order valence-corrected chi connectivity index (χ0v) is 18.6. The lowest BCUT2D eigenvalue weighted by Gasteiger charge is -2.51. The normalized spacial score (nSPS) is 40.2. The molecule has 0 radical (unpaired) electrons. The highest BCUT2D eigenvalue weighted by atomic mass is 16.5. The quantitative estimate of drug-likeness (QED) is 0.670. The molecule has 5 nitrogen and oxygen atoms in total. The van der Waals surface area contributed by atoms with Crippen LogP contribution in [0.2, 0.25) is 0 Å². The van der Waals surface area contributed by atoms with Crippen molar-refractivity contribution in [3.05, 3.63) is 29.3 Å². The van der Waals surface area contributed by atoms with Gasteiger partial charge in [-0.3, -0.25) is 9.69 Å². The molecule has 5 aliphatic rings. The number of carbonyl (C=O) groups excluding carboxylic acids is 1. The zero-order valence-electron chi connectivity index (χ0n) is 18.6. The van der Waals surface area contributed by atoms with Gasteiger partial charge in [-0.05, 0) is 80.9 Å². The summed E-state index contributed by atoms with van der Waals surface area (Å²) in [7, 11) is 4.14. The molecule has 0 aromatic heterocycles. The van der Waals surface area contributed by atoms with E-state index >= 15 is 0 Å². The molecular formula is C25H35N3O2. The number of nitrogens with one attached hydrogen (secondary N) is 1. The van der Waals surface area contributed by atoms with E-state index < -0.39 is 0 Å². The number of carbonyl (C=O) groups is 1. The standard InChI is InChI=1S/C25H35N3O2/c1-16-22-25-15-17-7-8-18(30-3)14-19(17)24(16,21(25)23(25)27(22)2)9-11-26-10-5-13-28-12-4-6-20(28)29/h7-8,14,16,21-23,26H,4-6,9-13,15H2,1-3H3/t16-,21?,22-,23+,24+,25?/m0/s1. The number of rotatable bonds is 8. The maximum atomic E-state index is 11.8. The second kappa shape index (κ2) is 6.46. The largest absolute Gasteiger partial charge is 0.497 e. The molecule has 2 bridgehead atoms. The number of hydrogen-bond donors (Lipinski definition) is 1. The number of likely N-dealkylation sites (tertiary alicyclic amines) is 2. The lowest BCUT2D eigenvalue weighted by atomic mass is 9.63. The number of piperidine rings is 1. The van der Waals surface area contributed by atoms with E-state index in [1.807, 2.05) is 4.90 Å². The van der Waals surface area contributed by atoms with Crippen LogP contribution < -0.4 is 10.1 Å². The SMILES string of the molecule is COc1ccc2c(c1)[C@]1(CCNCCCN3CCCC3=O)C3[C@H]4N(C)[C@@H]([C@@H]1C)C34C2. The Hall–Kier alpha value is -1.59. The summed E-state index contributed by atoms with van der Waals surface area (Å²) in [5, 5.41) is 3.72. The van der Waals surface area contributed by atoms with Crippen LogP contribution in [0.5, 0.6) is 5.75 Å². The van der Waals surface area contributed by atoms with Gasteiger partial charge < -0.3 is 15.0 Å². The molecular weight excluding hydrogens is 374 g/mol. The van der Waals surface area contributed by atoms with Gasteiger partial charge in [-0.1, -0.05) is 13.0 Å². The highest BCUT2D eigenvalue weighted by Gasteiger charge is 2.91. The van der Waals surface area contributed by atoms with E-state index in [1.165, 1.54) is 12.8 Å². The first kappa shape index (κ1) is 19.1. The van der Waals surface area contributed by atoms with Crippen LogP contribution in [0, 0.1) is 17.3 Å². The molecule has 1 N–H and O–H groups in total. The fourth-order valence-electron chi connectivity index (χ4n) is 8.63. The lowest BCUT2D eigenvalue weighted by Crippen LogP contribution is -2.60. The minimum absolute atomic E-state index is 0.294. The van der Waals surface area contributed by atoms with Crippen LogP contribution in [0.15, 0.2) is 18.2 Å². The summed E-state index contributed by atoms with van der Waals surface area (Å²) in [5.41, 5.74) is 4.01. The molecule has 5 heteroatoms. The lowest BCUT2D eigenvalue weighted by molar-refractivity contribution is -0.127. The van der Waals surface area contributed by atoms with Gasteiger partial charge in [0, 0.05) is 42.4 Å². The molecule has 162 valence electrons. The highest BCUT2D eigenvalue weighted by Crippen LogP contribution is 2.85. The van der Waals surface area contributed by atoms with E-state index in [-0.39, 0.29) is 0 Å². The van der Waals surface area contributed by atoms with Crippen molar-refractivity contribution in [1.82, 2.24) is 15.1 Å². The summed E-state index contributed by atoms with van der Waals surface area (Å²) in [4.78, 5) is 16.5. The second-order valence-electron chi connectivity index (χ2n) is 10.5. The van der Waals surface area contributed by atoms with Gasteiger partial charge in [0.15, 0.2) is 0 Å². The third-order valence-corrected chi connectivity index (χ3v) is 9.59. The Morgan fingerprint density at radius 3 is 2.90 bits per heavy atom. The monoisotopic (exact) mass is 409 g/mol. The molecule has 4 fully saturated rings. The predicted octanol–water partition coefficient (Wildman–Crippen LogP) is 2.43. The summed E-state index contributed by atoms with van der Waals surface area (Å²) < 4.78 is 5.63. The number of nitrogens with zero attached hydrogens (tertiary/aromatic N) is 2. The molecule has 2 unspecified atom stereocenters. The number of ether oxygens (including phenoxy) is 1. The van der Waals surface area contributed by atoms with Crippen molar-refractivity contribution < 1.29 is 9.53 Å². The van der Waals surface area contributed by atoms with Crippen molar-refractivity contribution in [2.24, 2.45) is 17.3 Å². The first-order valence-electron chi connectivity index (χ1n) is 11.9. The molecule has 6 atom stereocenters. The van der Waals surface area contributed by atoms with E-state index in [4.69, 9.17) is 4.74 Å². The summed E-state index contributed by atoms with van der Waals surface area (Å²) in [6.07, 6.45) is 5.32. The van der Waals surface area contributed by atoms with Crippen LogP contribution in [0.25, 0.3) is 0 Å². The Balaban J connectivity index is 1.17. The first-order valence-corrected chi connectivity index (χ1v) is 11.9. The highest BCUT2D eigenvalue weighted by molar-refractivity contribution is 5.78. The molecule has 1 aromatic rings. The Morgan fingerprint density at radius 2 is 2.13 bits per heavy atom. The van der Waals surface area contributed by atoms with Crippen molar-refractivity contribution in [3.8, 4) is 5.75 Å². The Kier molecular flexibility index (Phi) is 4.12. The molecule has 2 aliphatic heterocycles. The summed E-state index contributed by atoms with van der Waals surface area (Å²) in [6, 6.07) is 8.39. The summed E-state index contributed by atoms with van der Waals surface area (Å²) in [5.74, 6) is 2.86. The van der Waals surface area contributed by atoms with Crippen molar-refractivity contribution in [2.45, 2.75) is 56.5 Å². The fraction of sp³-hybridized carbons (Fsp3) is 0.720. The number of benzene rings is 1. The number of methoxy groups -OCH3 is 1. The van der Waals surface area contributed by atoms with E-state index in [1.54, 1.807) is 18.2 Å². The molecule has 2 saturated carbocycles. The number of amides is 1. The van der Waals surface area contributed by atoms with Gasteiger partial charge in [-0.25, -0.2) is 0 Å². The van der Waals surface area contributed by atoms with Gasteiger partial charge in [-0.15, -0.1) is 0 Å². The fourth-order valence-corrected chi connectivity index (χ4v) is 8.63. The Bertz CT molecular complexity index is 887. The zero-order chi connectivity index (χ0) is 20.7. The van der Waals surface area contributed by atoms with Crippen molar-refractivity contribution in [2.75, 3.05) is 40.3 Å². The maximum Gasteiger partial charge on any atom is 0.222 e. The van der Waals surface area contributed by atoms with Crippen LogP contribution >= 0.6 is 0 Å². The molecule has 1 spiro atoms. The van der Waals surface area contributed by atoms with E-state index in [0.717, 1.165) is 69.2 Å². The summed E-state index contributed by atoms with van der Waals surface area (Å²) in [6.45, 7) is 6.44. The maximum absolute atomic E-state index is 11.8. The molecule has 1 amide bonds. The van der Waals surface area contributed by atoms with Crippen LogP contribution in [0.1, 0.15) is 43.7 Å². The molecule has 30 heavy (non-hydrogen) atoms. The van der Waals surface area contributed by atoms with Gasteiger partial charge in [0.05, 0.1) is 7.11 Å². The smallest absolute Gasteiger partial charge is 0.222 e. The van der Waals surface area contributed by atoms with Crippen molar-refractivity contribution in [3.63, 3.8) is 0 Å². The third kappa shape index (κ3) is 2.18. The average molecular weight is 410 g/mol. The summed E-state index contributed by atoms with van der Waals surface area (Å²) >= 11 is 0. The third-order valence-electron chi connectivity index (χ3n) is 9.59. The van der Waals surface area contributed by atoms with Gasteiger partial charge in [0.2, 0.25) is 5.91 Å². The first-order chi connectivity index (χ1) is 14.6. The van der Waals surface area contributed by atoms with Crippen LogP contribution in [-0.2, 0) is 16.6 Å².